The maximum atomic E-state index is 11.7. The molecule has 0 saturated carbocycles. The summed E-state index contributed by atoms with van der Waals surface area (Å²) in [5, 5.41) is 9.36. The SMILES string of the molecule is COC(=O)c1cc(CO)cc(B2OC(C)(C)C(C)(C)O2)c1. The summed E-state index contributed by atoms with van der Waals surface area (Å²) >= 11 is 0. The number of ether oxygens (including phenoxy) is 1. The van der Waals surface area contributed by atoms with Gasteiger partial charge in [-0.1, -0.05) is 6.07 Å². The molecule has 0 radical (unpaired) electrons. The van der Waals surface area contributed by atoms with Crippen molar-refractivity contribution in [2.75, 3.05) is 7.11 Å². The number of rotatable bonds is 3. The zero-order valence-electron chi connectivity index (χ0n) is 13.1. The minimum Gasteiger partial charge on any atom is -0.465 e. The summed E-state index contributed by atoms with van der Waals surface area (Å²) in [6.45, 7) is 7.68. The average molecular weight is 292 g/mol. The molecule has 0 spiro atoms. The quantitative estimate of drug-likeness (QED) is 0.671. The first-order chi connectivity index (χ1) is 9.70. The molecular weight excluding hydrogens is 271 g/mol. The third-order valence-corrected chi connectivity index (χ3v) is 4.14. The van der Waals surface area contributed by atoms with E-state index in [0.29, 0.717) is 16.6 Å². The lowest BCUT2D eigenvalue weighted by Crippen LogP contribution is -2.41. The third kappa shape index (κ3) is 2.97. The molecule has 6 heteroatoms. The molecule has 0 aliphatic carbocycles. The largest absolute Gasteiger partial charge is 0.494 e. The second-order valence-electron chi connectivity index (χ2n) is 6.20. The van der Waals surface area contributed by atoms with Crippen molar-refractivity contribution in [1.29, 1.82) is 0 Å². The molecule has 1 aromatic carbocycles. The van der Waals surface area contributed by atoms with Gasteiger partial charge in [0.05, 0.1) is 30.5 Å². The van der Waals surface area contributed by atoms with Crippen molar-refractivity contribution in [2.24, 2.45) is 0 Å². The van der Waals surface area contributed by atoms with E-state index in [-0.39, 0.29) is 6.61 Å². The Morgan fingerprint density at radius 1 is 1.19 bits per heavy atom. The fraction of sp³-hybridized carbons (Fsp3) is 0.533. The predicted molar refractivity (Wildman–Crippen MR) is 79.4 cm³/mol. The number of esters is 1. The van der Waals surface area contributed by atoms with Gasteiger partial charge in [0.15, 0.2) is 0 Å². The van der Waals surface area contributed by atoms with Crippen LogP contribution in [0, 0.1) is 0 Å². The van der Waals surface area contributed by atoms with E-state index < -0.39 is 24.3 Å². The maximum Gasteiger partial charge on any atom is 0.494 e. The Morgan fingerprint density at radius 2 is 1.76 bits per heavy atom. The van der Waals surface area contributed by atoms with Crippen LogP contribution in [0.5, 0.6) is 0 Å². The van der Waals surface area contributed by atoms with Gasteiger partial charge in [-0.05, 0) is 50.9 Å². The Hall–Kier alpha value is -1.37. The average Bonchev–Trinajstić information content (AvgIpc) is 2.66. The summed E-state index contributed by atoms with van der Waals surface area (Å²) in [5.41, 5.74) is 0.758. The van der Waals surface area contributed by atoms with E-state index in [0.717, 1.165) is 0 Å². The van der Waals surface area contributed by atoms with Crippen LogP contribution < -0.4 is 5.46 Å². The second-order valence-corrected chi connectivity index (χ2v) is 6.20. The highest BCUT2D eigenvalue weighted by Crippen LogP contribution is 2.36. The molecule has 0 aromatic heterocycles. The highest BCUT2D eigenvalue weighted by Gasteiger charge is 2.51. The number of aliphatic hydroxyl groups excluding tert-OH is 1. The molecule has 0 bridgehead atoms. The van der Waals surface area contributed by atoms with Crippen LogP contribution in [0.15, 0.2) is 18.2 Å². The minimum absolute atomic E-state index is 0.169. The van der Waals surface area contributed by atoms with Crippen LogP contribution >= 0.6 is 0 Å². The Balaban J connectivity index is 2.39. The van der Waals surface area contributed by atoms with E-state index in [1.54, 1.807) is 18.2 Å². The molecule has 1 aliphatic rings. The third-order valence-electron chi connectivity index (χ3n) is 4.14. The van der Waals surface area contributed by atoms with E-state index >= 15 is 0 Å². The van der Waals surface area contributed by atoms with Gasteiger partial charge in [-0.25, -0.2) is 4.79 Å². The first-order valence-corrected chi connectivity index (χ1v) is 6.89. The number of carbonyl (C=O) groups is 1. The van der Waals surface area contributed by atoms with Crippen molar-refractivity contribution in [2.45, 2.75) is 45.5 Å². The van der Waals surface area contributed by atoms with Gasteiger partial charge < -0.3 is 19.2 Å². The molecule has 114 valence electrons. The molecule has 0 amide bonds. The molecule has 0 unspecified atom stereocenters. The predicted octanol–water partition coefficient (Wildman–Crippen LogP) is 1.26. The Morgan fingerprint density at radius 3 is 2.24 bits per heavy atom. The number of methoxy groups -OCH3 is 1. The lowest BCUT2D eigenvalue weighted by Gasteiger charge is -2.32. The monoisotopic (exact) mass is 292 g/mol. The number of benzene rings is 1. The van der Waals surface area contributed by atoms with Gasteiger partial charge in [0, 0.05) is 0 Å². The van der Waals surface area contributed by atoms with Crippen molar-refractivity contribution < 1.29 is 23.9 Å². The summed E-state index contributed by atoms with van der Waals surface area (Å²) in [4.78, 5) is 11.7. The number of aliphatic hydroxyl groups is 1. The van der Waals surface area contributed by atoms with Gasteiger partial charge in [0.1, 0.15) is 0 Å². The lowest BCUT2D eigenvalue weighted by molar-refractivity contribution is 0.00578. The molecule has 5 nitrogen and oxygen atoms in total. The fourth-order valence-corrected chi connectivity index (χ4v) is 2.16. The number of carbonyl (C=O) groups excluding carboxylic acids is 1. The van der Waals surface area contributed by atoms with Gasteiger partial charge in [-0.3, -0.25) is 0 Å². The molecule has 1 fully saturated rings. The van der Waals surface area contributed by atoms with E-state index in [1.807, 2.05) is 27.7 Å². The summed E-state index contributed by atoms with van der Waals surface area (Å²) in [5.74, 6) is -0.455. The summed E-state index contributed by atoms with van der Waals surface area (Å²) < 4.78 is 16.7. The lowest BCUT2D eigenvalue weighted by atomic mass is 9.77. The van der Waals surface area contributed by atoms with E-state index in [1.165, 1.54) is 7.11 Å². The van der Waals surface area contributed by atoms with Crippen molar-refractivity contribution in [3.8, 4) is 0 Å². The van der Waals surface area contributed by atoms with Gasteiger partial charge >= 0.3 is 13.1 Å². The zero-order chi connectivity index (χ0) is 15.8. The first kappa shape index (κ1) is 16.0. The van der Waals surface area contributed by atoms with Crippen molar-refractivity contribution in [3.05, 3.63) is 29.3 Å². The second kappa shape index (κ2) is 5.44. The molecule has 1 heterocycles. The molecular formula is C15H21BO5. The van der Waals surface area contributed by atoms with Crippen LogP contribution in [-0.2, 0) is 20.7 Å². The van der Waals surface area contributed by atoms with Crippen molar-refractivity contribution >= 4 is 18.6 Å². The maximum absolute atomic E-state index is 11.7. The van der Waals surface area contributed by atoms with Gasteiger partial charge in [0.25, 0.3) is 0 Å². The molecule has 0 atom stereocenters. The molecule has 1 N–H and O–H groups in total. The van der Waals surface area contributed by atoms with Gasteiger partial charge in [-0.15, -0.1) is 0 Å². The Kier molecular flexibility index (Phi) is 4.15. The van der Waals surface area contributed by atoms with E-state index in [4.69, 9.17) is 14.0 Å². The molecule has 1 aliphatic heterocycles. The van der Waals surface area contributed by atoms with E-state index in [2.05, 4.69) is 0 Å². The van der Waals surface area contributed by atoms with Gasteiger partial charge in [0.2, 0.25) is 0 Å². The zero-order valence-corrected chi connectivity index (χ0v) is 13.1. The molecule has 1 aromatic rings. The van der Waals surface area contributed by atoms with Crippen molar-refractivity contribution in [3.63, 3.8) is 0 Å². The van der Waals surface area contributed by atoms with Crippen LogP contribution in [0.1, 0.15) is 43.6 Å². The summed E-state index contributed by atoms with van der Waals surface area (Å²) in [6, 6.07) is 5.04. The molecule has 2 rings (SSSR count). The first-order valence-electron chi connectivity index (χ1n) is 6.89. The number of hydrogen-bond donors (Lipinski definition) is 1. The Bertz CT molecular complexity index is 537. The standard InChI is InChI=1S/C15H21BO5/c1-14(2)15(3,4)21-16(20-14)12-7-10(9-17)6-11(8-12)13(18)19-5/h6-8,17H,9H2,1-5H3. The highest BCUT2D eigenvalue weighted by molar-refractivity contribution is 6.62. The summed E-state index contributed by atoms with van der Waals surface area (Å²) in [7, 11) is 0.743. The minimum atomic E-state index is -0.579. The molecule has 21 heavy (non-hydrogen) atoms. The highest BCUT2D eigenvalue weighted by atomic mass is 16.7. The fourth-order valence-electron chi connectivity index (χ4n) is 2.16. The molecule has 1 saturated heterocycles. The van der Waals surface area contributed by atoms with E-state index in [9.17, 15) is 9.90 Å². The van der Waals surface area contributed by atoms with Crippen LogP contribution in [0.25, 0.3) is 0 Å². The van der Waals surface area contributed by atoms with Crippen LogP contribution in [0.3, 0.4) is 0 Å². The van der Waals surface area contributed by atoms with Crippen LogP contribution in [-0.4, -0.2) is 36.5 Å². The normalized spacial score (nSPS) is 19.6. The van der Waals surface area contributed by atoms with Crippen LogP contribution in [0.2, 0.25) is 0 Å². The summed E-state index contributed by atoms with van der Waals surface area (Å²) in [6.07, 6.45) is 0. The topological polar surface area (TPSA) is 65.0 Å². The van der Waals surface area contributed by atoms with Crippen molar-refractivity contribution in [1.82, 2.24) is 0 Å². The van der Waals surface area contributed by atoms with Crippen LogP contribution in [0.4, 0.5) is 0 Å². The van der Waals surface area contributed by atoms with Gasteiger partial charge in [-0.2, -0.15) is 0 Å². The smallest absolute Gasteiger partial charge is 0.465 e. The number of hydrogen-bond acceptors (Lipinski definition) is 5. The Labute approximate surface area is 125 Å².